The van der Waals surface area contributed by atoms with Crippen LogP contribution in [0.5, 0.6) is 0 Å². The molecule has 1 aliphatic rings. The third kappa shape index (κ3) is 3.61. The lowest BCUT2D eigenvalue weighted by Gasteiger charge is -2.34. The van der Waals surface area contributed by atoms with Crippen molar-refractivity contribution in [1.29, 1.82) is 0 Å². The molecule has 0 aromatic heterocycles. The lowest BCUT2D eigenvalue weighted by atomic mass is 10.1. The predicted molar refractivity (Wildman–Crippen MR) is 77.4 cm³/mol. The zero-order valence-corrected chi connectivity index (χ0v) is 12.9. The van der Waals surface area contributed by atoms with Gasteiger partial charge in [0.15, 0.2) is 0 Å². The van der Waals surface area contributed by atoms with Crippen LogP contribution in [-0.2, 0) is 21.1 Å². The van der Waals surface area contributed by atoms with Crippen LogP contribution in [-0.4, -0.2) is 50.7 Å². The van der Waals surface area contributed by atoms with E-state index in [-0.39, 0.29) is 18.4 Å². The molecular weight excluding hydrogens is 314 g/mol. The largest absolute Gasteiger partial charge is 0.341 e. The average molecular weight is 332 g/mol. The van der Waals surface area contributed by atoms with Crippen LogP contribution in [0.1, 0.15) is 12.5 Å². The first-order chi connectivity index (χ1) is 10.3. The molecule has 1 saturated heterocycles. The Morgan fingerprint density at radius 3 is 2.55 bits per heavy atom. The first-order valence-electron chi connectivity index (χ1n) is 6.93. The zero-order chi connectivity index (χ0) is 16.3. The number of alkyl halides is 2. The highest BCUT2D eigenvalue weighted by Gasteiger charge is 2.27. The monoisotopic (exact) mass is 332 g/mol. The van der Waals surface area contributed by atoms with Crippen LogP contribution in [0.25, 0.3) is 0 Å². The van der Waals surface area contributed by atoms with Crippen molar-refractivity contribution >= 4 is 15.7 Å². The number of piperazine rings is 1. The smallest absolute Gasteiger partial charge is 0.337 e. The van der Waals surface area contributed by atoms with E-state index in [1.165, 1.54) is 12.1 Å². The Kier molecular flexibility index (Phi) is 5.12. The van der Waals surface area contributed by atoms with Crippen LogP contribution in [0, 0.1) is 0 Å². The van der Waals surface area contributed by atoms with Crippen LogP contribution < -0.4 is 5.32 Å². The second-order valence-electron chi connectivity index (χ2n) is 5.27. The van der Waals surface area contributed by atoms with Crippen molar-refractivity contribution in [3.63, 3.8) is 0 Å². The van der Waals surface area contributed by atoms with Crippen LogP contribution in [0.3, 0.4) is 0 Å². The van der Waals surface area contributed by atoms with Crippen molar-refractivity contribution in [2.24, 2.45) is 0 Å². The van der Waals surface area contributed by atoms with Gasteiger partial charge in [-0.2, -0.15) is 8.78 Å². The molecule has 2 rings (SSSR count). The fourth-order valence-electron chi connectivity index (χ4n) is 2.39. The summed E-state index contributed by atoms with van der Waals surface area (Å²) in [5.74, 6) is -3.50. The molecule has 1 aromatic carbocycles. The number of nitrogens with zero attached hydrogens (tertiary/aromatic N) is 1. The normalized spacial score (nSPS) is 19.5. The van der Waals surface area contributed by atoms with Gasteiger partial charge in [-0.1, -0.05) is 12.1 Å². The van der Waals surface area contributed by atoms with Crippen molar-refractivity contribution in [2.75, 3.05) is 19.6 Å². The SMILES string of the molecule is CC1CNCCN1C(=O)Cc1ccc(S(=O)(=O)C(F)F)cc1. The topological polar surface area (TPSA) is 66.5 Å². The molecule has 1 amide bonds. The summed E-state index contributed by atoms with van der Waals surface area (Å²) in [6, 6.07) is 5.14. The molecule has 0 saturated carbocycles. The summed E-state index contributed by atoms with van der Waals surface area (Å²) in [5, 5.41) is 3.19. The van der Waals surface area contributed by atoms with Gasteiger partial charge in [0.25, 0.3) is 0 Å². The quantitative estimate of drug-likeness (QED) is 0.895. The number of hydrogen-bond donors (Lipinski definition) is 1. The van der Waals surface area contributed by atoms with E-state index in [1.807, 2.05) is 6.92 Å². The molecule has 1 N–H and O–H groups in total. The van der Waals surface area contributed by atoms with Gasteiger partial charge in [0.2, 0.25) is 15.7 Å². The lowest BCUT2D eigenvalue weighted by Crippen LogP contribution is -2.52. The Morgan fingerprint density at radius 2 is 2.00 bits per heavy atom. The maximum absolute atomic E-state index is 12.4. The Labute approximate surface area is 128 Å². The van der Waals surface area contributed by atoms with E-state index in [4.69, 9.17) is 0 Å². The number of carbonyl (C=O) groups is 1. The fourth-order valence-corrected chi connectivity index (χ4v) is 3.11. The first-order valence-corrected chi connectivity index (χ1v) is 8.48. The molecule has 8 heteroatoms. The minimum atomic E-state index is -4.59. The van der Waals surface area contributed by atoms with E-state index in [0.717, 1.165) is 25.2 Å². The summed E-state index contributed by atoms with van der Waals surface area (Å²) in [7, 11) is -4.59. The van der Waals surface area contributed by atoms with Gasteiger partial charge < -0.3 is 10.2 Å². The number of sulfone groups is 1. The van der Waals surface area contributed by atoms with Crippen molar-refractivity contribution in [3.05, 3.63) is 29.8 Å². The van der Waals surface area contributed by atoms with Gasteiger partial charge in [-0.15, -0.1) is 0 Å². The van der Waals surface area contributed by atoms with Crippen LogP contribution in [0.15, 0.2) is 29.2 Å². The maximum Gasteiger partial charge on any atom is 0.341 e. The van der Waals surface area contributed by atoms with E-state index >= 15 is 0 Å². The Bertz CT molecular complexity index is 632. The summed E-state index contributed by atoms with van der Waals surface area (Å²) in [4.78, 5) is 13.6. The second kappa shape index (κ2) is 6.70. The molecule has 22 heavy (non-hydrogen) atoms. The number of rotatable bonds is 4. The molecule has 0 aliphatic carbocycles. The van der Waals surface area contributed by atoms with E-state index in [9.17, 15) is 22.0 Å². The highest BCUT2D eigenvalue weighted by molar-refractivity contribution is 7.91. The Hall–Kier alpha value is -1.54. The predicted octanol–water partition coefficient (Wildman–Crippen LogP) is 1.05. The third-order valence-electron chi connectivity index (χ3n) is 3.66. The molecule has 0 spiro atoms. The second-order valence-corrected chi connectivity index (χ2v) is 7.18. The van der Waals surface area contributed by atoms with Gasteiger partial charge in [0.05, 0.1) is 11.3 Å². The number of amides is 1. The Morgan fingerprint density at radius 1 is 1.36 bits per heavy atom. The summed E-state index contributed by atoms with van der Waals surface area (Å²) in [6.07, 6.45) is 0.124. The third-order valence-corrected chi connectivity index (χ3v) is 5.06. The summed E-state index contributed by atoms with van der Waals surface area (Å²) < 4.78 is 47.5. The van der Waals surface area contributed by atoms with Gasteiger partial charge in [-0.05, 0) is 24.6 Å². The van der Waals surface area contributed by atoms with Gasteiger partial charge in [0.1, 0.15) is 0 Å². The maximum atomic E-state index is 12.4. The van der Waals surface area contributed by atoms with Crippen LogP contribution in [0.4, 0.5) is 8.78 Å². The molecule has 1 fully saturated rings. The zero-order valence-electron chi connectivity index (χ0n) is 12.1. The van der Waals surface area contributed by atoms with E-state index in [1.54, 1.807) is 4.90 Å². The van der Waals surface area contributed by atoms with Crippen LogP contribution in [0.2, 0.25) is 0 Å². The molecule has 5 nitrogen and oxygen atoms in total. The minimum Gasteiger partial charge on any atom is -0.337 e. The molecule has 1 aliphatic heterocycles. The lowest BCUT2D eigenvalue weighted by molar-refractivity contribution is -0.133. The number of nitrogens with one attached hydrogen (secondary N) is 1. The highest BCUT2D eigenvalue weighted by Crippen LogP contribution is 2.19. The van der Waals surface area contributed by atoms with Crippen molar-refractivity contribution in [2.45, 2.75) is 30.0 Å². The number of halogens is 2. The van der Waals surface area contributed by atoms with Gasteiger partial charge >= 0.3 is 5.76 Å². The molecule has 1 atom stereocenters. The van der Waals surface area contributed by atoms with Crippen LogP contribution >= 0.6 is 0 Å². The molecular formula is C14H18F2N2O3S. The van der Waals surface area contributed by atoms with Gasteiger partial charge in [-0.25, -0.2) is 8.42 Å². The molecule has 122 valence electrons. The summed E-state index contributed by atoms with van der Waals surface area (Å²) >= 11 is 0. The average Bonchev–Trinajstić information content (AvgIpc) is 2.48. The first kappa shape index (κ1) is 16.8. The highest BCUT2D eigenvalue weighted by atomic mass is 32.2. The van der Waals surface area contributed by atoms with E-state index in [2.05, 4.69) is 5.32 Å². The summed E-state index contributed by atoms with van der Waals surface area (Å²) in [6.45, 7) is 4.04. The number of benzene rings is 1. The molecule has 0 bridgehead atoms. The van der Waals surface area contributed by atoms with Gasteiger partial charge in [-0.3, -0.25) is 4.79 Å². The minimum absolute atomic E-state index is 0.0570. The standard InChI is InChI=1S/C14H18F2N2O3S/c1-10-9-17-6-7-18(10)13(19)8-11-2-4-12(5-3-11)22(20,21)14(15)16/h2-5,10,14,17H,6-9H2,1H3. The fraction of sp³-hybridized carbons (Fsp3) is 0.500. The van der Waals surface area contributed by atoms with Crippen molar-refractivity contribution in [1.82, 2.24) is 10.2 Å². The molecule has 1 heterocycles. The number of carbonyl (C=O) groups excluding carboxylic acids is 1. The van der Waals surface area contributed by atoms with E-state index < -0.39 is 20.5 Å². The molecule has 1 unspecified atom stereocenters. The number of hydrogen-bond acceptors (Lipinski definition) is 4. The Balaban J connectivity index is 2.07. The molecule has 0 radical (unpaired) electrons. The van der Waals surface area contributed by atoms with Crippen molar-refractivity contribution in [3.8, 4) is 0 Å². The summed E-state index contributed by atoms with van der Waals surface area (Å²) in [5.41, 5.74) is 0.601. The van der Waals surface area contributed by atoms with E-state index in [0.29, 0.717) is 12.1 Å². The van der Waals surface area contributed by atoms with Crippen molar-refractivity contribution < 1.29 is 22.0 Å². The van der Waals surface area contributed by atoms with Gasteiger partial charge in [0, 0.05) is 25.7 Å². The molecule has 1 aromatic rings.